The second-order valence-corrected chi connectivity index (χ2v) is 9.53. The van der Waals surface area contributed by atoms with Crippen LogP contribution in [0.5, 0.6) is 0 Å². The van der Waals surface area contributed by atoms with Gasteiger partial charge in [-0.25, -0.2) is 4.98 Å². The average Bonchev–Trinajstić information content (AvgIpc) is 3.45. The molecule has 166 valence electrons. The molecule has 7 rings (SSSR count). The summed E-state index contributed by atoms with van der Waals surface area (Å²) in [5, 5.41) is 0. The van der Waals surface area contributed by atoms with E-state index in [0.29, 0.717) is 0 Å². The molecule has 35 heavy (non-hydrogen) atoms. The molecule has 0 aliphatic rings. The molecule has 0 radical (unpaired) electrons. The highest BCUT2D eigenvalue weighted by Crippen LogP contribution is 2.35. The van der Waals surface area contributed by atoms with Gasteiger partial charge in [-0.3, -0.25) is 8.97 Å². The molecule has 0 amide bonds. The summed E-state index contributed by atoms with van der Waals surface area (Å²) in [7, 11) is 0. The van der Waals surface area contributed by atoms with E-state index in [-0.39, 0.29) is 0 Å². The van der Waals surface area contributed by atoms with Gasteiger partial charge in [-0.15, -0.1) is 0 Å². The number of aromatic nitrogens is 3. The number of para-hydroxylation sites is 3. The largest absolute Gasteiger partial charge is 0.278 e. The van der Waals surface area contributed by atoms with Crippen molar-refractivity contribution < 1.29 is 0 Å². The Hall–Kier alpha value is -4.15. The van der Waals surface area contributed by atoms with Gasteiger partial charge in [0.15, 0.2) is 0 Å². The van der Waals surface area contributed by atoms with E-state index in [1.165, 1.54) is 22.3 Å². The Morgan fingerprint density at radius 3 is 1.74 bits per heavy atom. The van der Waals surface area contributed by atoms with Gasteiger partial charge in [-0.05, 0) is 80.6 Å². The molecule has 0 saturated heterocycles. The van der Waals surface area contributed by atoms with Crippen LogP contribution in [-0.2, 0) is 0 Å². The summed E-state index contributed by atoms with van der Waals surface area (Å²) >= 11 is 3.70. The van der Waals surface area contributed by atoms with Crippen molar-refractivity contribution in [3.8, 4) is 27.9 Å². The maximum atomic E-state index is 5.11. The summed E-state index contributed by atoms with van der Waals surface area (Å²) in [6.45, 7) is 0. The highest BCUT2D eigenvalue weighted by molar-refractivity contribution is 9.10. The summed E-state index contributed by atoms with van der Waals surface area (Å²) in [6, 6.07) is 42.7. The Balaban J connectivity index is 1.60. The molecule has 0 bridgehead atoms. The summed E-state index contributed by atoms with van der Waals surface area (Å²) in [6.07, 6.45) is 0. The van der Waals surface area contributed by atoms with E-state index in [2.05, 4.69) is 140 Å². The molecule has 2 heterocycles. The van der Waals surface area contributed by atoms with Gasteiger partial charge in [-0.1, -0.05) is 78.9 Å². The molecule has 0 spiro atoms. The normalized spacial score (nSPS) is 11.6. The van der Waals surface area contributed by atoms with Gasteiger partial charge in [0, 0.05) is 4.47 Å². The molecule has 7 aromatic rings. The van der Waals surface area contributed by atoms with Gasteiger partial charge in [0.05, 0.1) is 22.2 Å². The molecule has 0 unspecified atom stereocenters. The molecule has 0 aliphatic carbocycles. The molecule has 0 saturated carbocycles. The minimum Gasteiger partial charge on any atom is -0.278 e. The van der Waals surface area contributed by atoms with Crippen LogP contribution in [0.15, 0.2) is 126 Å². The first-order valence-electron chi connectivity index (χ1n) is 11.6. The molecule has 2 aromatic heterocycles. The van der Waals surface area contributed by atoms with E-state index in [4.69, 9.17) is 4.98 Å². The number of nitrogens with zero attached hydrogens (tertiary/aromatic N) is 3. The zero-order valence-corrected chi connectivity index (χ0v) is 20.4. The third kappa shape index (κ3) is 3.22. The third-order valence-electron chi connectivity index (χ3n) is 6.57. The SMILES string of the molecule is Brc1cccc2c1nc1n(-c3cc(-c4ccccc4)cc(-c4ccccc4)c3)c3ccccc3n21. The van der Waals surface area contributed by atoms with E-state index in [1.54, 1.807) is 0 Å². The molecule has 4 heteroatoms. The zero-order chi connectivity index (χ0) is 23.4. The van der Waals surface area contributed by atoms with Crippen molar-refractivity contribution in [3.05, 3.63) is 126 Å². The van der Waals surface area contributed by atoms with Crippen LogP contribution in [0.4, 0.5) is 0 Å². The smallest absolute Gasteiger partial charge is 0.220 e. The first-order valence-corrected chi connectivity index (χ1v) is 12.4. The van der Waals surface area contributed by atoms with E-state index in [9.17, 15) is 0 Å². The van der Waals surface area contributed by atoms with E-state index in [1.807, 2.05) is 6.07 Å². The zero-order valence-electron chi connectivity index (χ0n) is 18.8. The lowest BCUT2D eigenvalue weighted by Crippen LogP contribution is -1.97. The Labute approximate surface area is 211 Å². The molecular formula is C31H20BrN3. The number of halogens is 1. The van der Waals surface area contributed by atoms with Crippen LogP contribution in [0, 0.1) is 0 Å². The maximum Gasteiger partial charge on any atom is 0.220 e. The van der Waals surface area contributed by atoms with Crippen LogP contribution < -0.4 is 0 Å². The Morgan fingerprint density at radius 2 is 1.09 bits per heavy atom. The fourth-order valence-electron chi connectivity index (χ4n) is 4.98. The van der Waals surface area contributed by atoms with Crippen LogP contribution in [0.1, 0.15) is 0 Å². The fraction of sp³-hybridized carbons (Fsp3) is 0. The highest BCUT2D eigenvalue weighted by atomic mass is 79.9. The van der Waals surface area contributed by atoms with Crippen LogP contribution in [0.3, 0.4) is 0 Å². The number of hydrogen-bond donors (Lipinski definition) is 0. The predicted molar refractivity (Wildman–Crippen MR) is 148 cm³/mol. The Kier molecular flexibility index (Phi) is 4.61. The average molecular weight is 514 g/mol. The van der Waals surface area contributed by atoms with Crippen molar-refractivity contribution in [1.82, 2.24) is 14.0 Å². The van der Waals surface area contributed by atoms with Gasteiger partial charge >= 0.3 is 0 Å². The number of hydrogen-bond acceptors (Lipinski definition) is 1. The predicted octanol–water partition coefficient (Wildman–Crippen LogP) is 8.53. The lowest BCUT2D eigenvalue weighted by Gasteiger charge is -2.12. The minimum absolute atomic E-state index is 0.900. The van der Waals surface area contributed by atoms with Crippen molar-refractivity contribution in [2.24, 2.45) is 0 Å². The van der Waals surface area contributed by atoms with Crippen LogP contribution >= 0.6 is 15.9 Å². The number of benzene rings is 5. The van der Waals surface area contributed by atoms with Crippen molar-refractivity contribution in [3.63, 3.8) is 0 Å². The first-order chi connectivity index (χ1) is 17.3. The second-order valence-electron chi connectivity index (χ2n) is 8.68. The summed E-state index contributed by atoms with van der Waals surface area (Å²) < 4.78 is 5.53. The van der Waals surface area contributed by atoms with E-state index >= 15 is 0 Å². The molecule has 0 fully saturated rings. The molecule has 3 nitrogen and oxygen atoms in total. The quantitative estimate of drug-likeness (QED) is 0.232. The van der Waals surface area contributed by atoms with Crippen LogP contribution in [-0.4, -0.2) is 14.0 Å². The van der Waals surface area contributed by atoms with Gasteiger partial charge < -0.3 is 0 Å². The molecule has 0 aliphatic heterocycles. The third-order valence-corrected chi connectivity index (χ3v) is 7.21. The van der Waals surface area contributed by atoms with Crippen molar-refractivity contribution >= 4 is 43.8 Å². The standard InChI is InChI=1S/C31H20BrN3/c32-26-14-9-17-29-30(26)33-31-34(27-15-7-8-16-28(27)35(29)31)25-19-23(21-10-3-1-4-11-21)18-24(20-25)22-12-5-2-6-13-22/h1-20H. The van der Waals surface area contributed by atoms with Gasteiger partial charge in [0.2, 0.25) is 5.78 Å². The summed E-state index contributed by atoms with van der Waals surface area (Å²) in [5.41, 5.74) is 10.1. The van der Waals surface area contributed by atoms with E-state index < -0.39 is 0 Å². The minimum atomic E-state index is 0.900. The topological polar surface area (TPSA) is 22.2 Å². The Bertz CT molecular complexity index is 1790. The van der Waals surface area contributed by atoms with Gasteiger partial charge in [0.1, 0.15) is 5.52 Å². The number of imidazole rings is 2. The van der Waals surface area contributed by atoms with Crippen molar-refractivity contribution in [1.29, 1.82) is 0 Å². The van der Waals surface area contributed by atoms with E-state index in [0.717, 1.165) is 38.0 Å². The monoisotopic (exact) mass is 513 g/mol. The Morgan fingerprint density at radius 1 is 0.514 bits per heavy atom. The summed E-state index contributed by atoms with van der Waals surface area (Å²) in [4.78, 5) is 5.11. The second kappa shape index (κ2) is 7.97. The lowest BCUT2D eigenvalue weighted by atomic mass is 9.98. The molecule has 0 N–H and O–H groups in total. The maximum absolute atomic E-state index is 5.11. The molecule has 5 aromatic carbocycles. The van der Waals surface area contributed by atoms with Crippen LogP contribution in [0.25, 0.3) is 55.8 Å². The number of rotatable bonds is 3. The summed E-state index contributed by atoms with van der Waals surface area (Å²) in [5.74, 6) is 0.900. The van der Waals surface area contributed by atoms with Gasteiger partial charge in [0.25, 0.3) is 0 Å². The lowest BCUT2D eigenvalue weighted by molar-refractivity contribution is 1.11. The van der Waals surface area contributed by atoms with Crippen molar-refractivity contribution in [2.45, 2.75) is 0 Å². The highest BCUT2D eigenvalue weighted by Gasteiger charge is 2.19. The number of fused-ring (bicyclic) bond motifs is 5. The molecular weight excluding hydrogens is 494 g/mol. The fourth-order valence-corrected chi connectivity index (χ4v) is 5.42. The molecule has 0 atom stereocenters. The van der Waals surface area contributed by atoms with Crippen molar-refractivity contribution in [2.75, 3.05) is 0 Å². The first kappa shape index (κ1) is 20.2. The van der Waals surface area contributed by atoms with Gasteiger partial charge in [-0.2, -0.15) is 0 Å². The van der Waals surface area contributed by atoms with Crippen LogP contribution in [0.2, 0.25) is 0 Å².